The van der Waals surface area contributed by atoms with Crippen LogP contribution in [-0.4, -0.2) is 21.1 Å². The molecule has 1 heterocycles. The van der Waals surface area contributed by atoms with E-state index in [2.05, 4.69) is 5.43 Å². The molecular weight excluding hydrogens is 352 g/mol. The number of rotatable bonds is 3. The van der Waals surface area contributed by atoms with Gasteiger partial charge < -0.3 is 0 Å². The molecule has 4 nitrogen and oxygen atoms in total. The summed E-state index contributed by atoms with van der Waals surface area (Å²) in [7, 11) is 0. The minimum Gasteiger partial charge on any atom is -0.267 e. The van der Waals surface area contributed by atoms with Gasteiger partial charge in [-0.15, -0.1) is 0 Å². The van der Waals surface area contributed by atoms with Crippen LogP contribution in [0, 0.1) is 13.8 Å². The summed E-state index contributed by atoms with van der Waals surface area (Å²) >= 11 is 6.42. The highest BCUT2D eigenvalue weighted by Gasteiger charge is 2.33. The van der Waals surface area contributed by atoms with Gasteiger partial charge in [-0.2, -0.15) is 5.01 Å². The molecule has 0 atom stereocenters. The number of carbonyl (C=O) groups excluding carboxylic acids is 2. The first-order valence-corrected chi connectivity index (χ1v) is 8.89. The number of amides is 2. The number of thioether (sulfide) groups is 1. The highest BCUT2D eigenvalue weighted by molar-refractivity contribution is 8.26. The lowest BCUT2D eigenvalue weighted by atomic mass is 10.1. The third kappa shape index (κ3) is 3.81. The van der Waals surface area contributed by atoms with E-state index in [1.807, 2.05) is 50.2 Å². The highest BCUT2D eigenvalue weighted by atomic mass is 32.2. The Morgan fingerprint density at radius 3 is 2.48 bits per heavy atom. The Bertz CT molecular complexity index is 889. The molecule has 126 valence electrons. The fourth-order valence-corrected chi connectivity index (χ4v) is 3.55. The molecule has 2 aromatic carbocycles. The van der Waals surface area contributed by atoms with Crippen molar-refractivity contribution in [1.29, 1.82) is 0 Å². The van der Waals surface area contributed by atoms with Crippen molar-refractivity contribution in [3.05, 3.63) is 75.7 Å². The molecule has 6 heteroatoms. The fraction of sp³-hybridized carbons (Fsp3) is 0.105. The molecule has 0 bridgehead atoms. The number of thiocarbonyl (C=S) groups is 1. The maximum atomic E-state index is 12.6. The van der Waals surface area contributed by atoms with Gasteiger partial charge in [-0.25, -0.2) is 0 Å². The van der Waals surface area contributed by atoms with Crippen molar-refractivity contribution in [3.8, 4) is 0 Å². The average Bonchev–Trinajstić information content (AvgIpc) is 2.85. The fourth-order valence-electron chi connectivity index (χ4n) is 2.37. The lowest BCUT2D eigenvalue weighted by molar-refractivity contribution is -0.123. The molecular formula is C19H16N2O2S2. The molecule has 2 amide bonds. The number of nitrogens with one attached hydrogen (secondary N) is 1. The zero-order chi connectivity index (χ0) is 18.0. The van der Waals surface area contributed by atoms with Crippen molar-refractivity contribution in [2.45, 2.75) is 13.8 Å². The molecule has 25 heavy (non-hydrogen) atoms. The summed E-state index contributed by atoms with van der Waals surface area (Å²) in [5.74, 6) is -0.677. The largest absolute Gasteiger partial charge is 0.285 e. The Kier molecular flexibility index (Phi) is 5.01. The number of aryl methyl sites for hydroxylation is 2. The molecule has 2 aromatic rings. The molecule has 0 radical (unpaired) electrons. The van der Waals surface area contributed by atoms with E-state index in [0.29, 0.717) is 14.8 Å². The zero-order valence-corrected chi connectivity index (χ0v) is 15.4. The maximum absolute atomic E-state index is 12.6. The maximum Gasteiger partial charge on any atom is 0.285 e. The van der Waals surface area contributed by atoms with Crippen LogP contribution in [0.25, 0.3) is 6.08 Å². The van der Waals surface area contributed by atoms with Gasteiger partial charge in [0.2, 0.25) is 0 Å². The normalized spacial score (nSPS) is 15.8. The first kappa shape index (κ1) is 17.4. The second-order valence-electron chi connectivity index (χ2n) is 5.68. The lowest BCUT2D eigenvalue weighted by Crippen LogP contribution is -2.45. The number of benzene rings is 2. The number of carbonyl (C=O) groups is 2. The molecule has 1 aliphatic rings. The van der Waals surface area contributed by atoms with Gasteiger partial charge in [-0.3, -0.25) is 15.0 Å². The average molecular weight is 368 g/mol. The van der Waals surface area contributed by atoms with Gasteiger partial charge in [-0.05, 0) is 49.3 Å². The molecule has 0 aliphatic carbocycles. The second-order valence-corrected chi connectivity index (χ2v) is 7.36. The van der Waals surface area contributed by atoms with E-state index in [9.17, 15) is 9.59 Å². The van der Waals surface area contributed by atoms with Gasteiger partial charge in [0, 0.05) is 5.56 Å². The van der Waals surface area contributed by atoms with E-state index in [4.69, 9.17) is 12.2 Å². The van der Waals surface area contributed by atoms with Crippen LogP contribution in [-0.2, 0) is 4.79 Å². The monoisotopic (exact) mass is 368 g/mol. The predicted molar refractivity (Wildman–Crippen MR) is 105 cm³/mol. The van der Waals surface area contributed by atoms with Crippen molar-refractivity contribution in [3.63, 3.8) is 0 Å². The standard InChI is InChI=1S/C19H16N2O2S2/c1-12-7-9-14(10-8-12)11-16-18(23)21(19(24)25-16)20-17(22)15-6-4-3-5-13(15)2/h3-11H,1-2H3,(H,20,22)/b16-11-. The van der Waals surface area contributed by atoms with Crippen molar-refractivity contribution in [1.82, 2.24) is 10.4 Å². The molecule has 3 rings (SSSR count). The SMILES string of the molecule is Cc1ccc(/C=C2\SC(=S)N(NC(=O)c3ccccc3C)C2=O)cc1. The Hall–Kier alpha value is -2.44. The Morgan fingerprint density at radius 1 is 1.12 bits per heavy atom. The Labute approximate surface area is 155 Å². The van der Waals surface area contributed by atoms with E-state index in [0.717, 1.165) is 21.7 Å². The predicted octanol–water partition coefficient (Wildman–Crippen LogP) is 3.85. The number of hydrazine groups is 1. The van der Waals surface area contributed by atoms with Crippen molar-refractivity contribution in [2.75, 3.05) is 0 Å². The van der Waals surface area contributed by atoms with E-state index >= 15 is 0 Å². The Balaban J connectivity index is 1.79. The zero-order valence-electron chi connectivity index (χ0n) is 13.8. The summed E-state index contributed by atoms with van der Waals surface area (Å²) in [6, 6.07) is 15.0. The second kappa shape index (κ2) is 7.21. The summed E-state index contributed by atoms with van der Waals surface area (Å²) in [5, 5.41) is 1.13. The summed E-state index contributed by atoms with van der Waals surface area (Å²) in [6.07, 6.45) is 1.78. The molecule has 0 spiro atoms. The number of hydrogen-bond donors (Lipinski definition) is 1. The van der Waals surface area contributed by atoms with Crippen molar-refractivity contribution < 1.29 is 9.59 Å². The van der Waals surface area contributed by atoms with Gasteiger partial charge in [0.25, 0.3) is 11.8 Å². The van der Waals surface area contributed by atoms with Crippen LogP contribution in [0.15, 0.2) is 53.4 Å². The van der Waals surface area contributed by atoms with Crippen LogP contribution >= 0.6 is 24.0 Å². The van der Waals surface area contributed by atoms with Crippen LogP contribution in [0.1, 0.15) is 27.0 Å². The minimum atomic E-state index is -0.356. The summed E-state index contributed by atoms with van der Waals surface area (Å²) < 4.78 is 0.310. The summed E-state index contributed by atoms with van der Waals surface area (Å²) in [6.45, 7) is 3.85. The van der Waals surface area contributed by atoms with E-state index < -0.39 is 0 Å². The van der Waals surface area contributed by atoms with Gasteiger partial charge in [0.05, 0.1) is 4.91 Å². The van der Waals surface area contributed by atoms with E-state index in [1.165, 1.54) is 11.8 Å². The first-order valence-electron chi connectivity index (χ1n) is 7.67. The molecule has 0 aromatic heterocycles. The van der Waals surface area contributed by atoms with Crippen LogP contribution < -0.4 is 5.43 Å². The smallest absolute Gasteiger partial charge is 0.267 e. The Morgan fingerprint density at radius 2 is 1.80 bits per heavy atom. The molecule has 1 N–H and O–H groups in total. The van der Waals surface area contributed by atoms with Crippen molar-refractivity contribution >= 4 is 46.2 Å². The first-order chi connectivity index (χ1) is 12.0. The van der Waals surface area contributed by atoms with Crippen LogP contribution in [0.2, 0.25) is 0 Å². The minimum absolute atomic E-state index is 0.310. The summed E-state index contributed by atoms with van der Waals surface area (Å²) in [4.78, 5) is 25.5. The van der Waals surface area contributed by atoms with E-state index in [-0.39, 0.29) is 11.8 Å². The topological polar surface area (TPSA) is 49.4 Å². The van der Waals surface area contributed by atoms with Crippen molar-refractivity contribution in [2.24, 2.45) is 0 Å². The molecule has 1 aliphatic heterocycles. The number of nitrogens with zero attached hydrogens (tertiary/aromatic N) is 1. The van der Waals surface area contributed by atoms with Gasteiger partial charge in [-0.1, -0.05) is 59.8 Å². The van der Waals surface area contributed by atoms with Crippen LogP contribution in [0.5, 0.6) is 0 Å². The molecule has 1 fully saturated rings. The third-order valence-corrected chi connectivity index (χ3v) is 5.07. The number of hydrogen-bond acceptors (Lipinski definition) is 4. The van der Waals surface area contributed by atoms with E-state index in [1.54, 1.807) is 18.2 Å². The highest BCUT2D eigenvalue weighted by Crippen LogP contribution is 2.31. The van der Waals surface area contributed by atoms with Crippen LogP contribution in [0.4, 0.5) is 0 Å². The van der Waals surface area contributed by atoms with Gasteiger partial charge in [0.1, 0.15) is 0 Å². The van der Waals surface area contributed by atoms with Gasteiger partial charge >= 0.3 is 0 Å². The third-order valence-electron chi connectivity index (χ3n) is 3.77. The molecule has 0 saturated carbocycles. The molecule has 0 unspecified atom stereocenters. The lowest BCUT2D eigenvalue weighted by Gasteiger charge is -2.16. The summed E-state index contributed by atoms with van der Waals surface area (Å²) in [5.41, 5.74) is 6.01. The van der Waals surface area contributed by atoms with Crippen LogP contribution in [0.3, 0.4) is 0 Å². The quantitative estimate of drug-likeness (QED) is 0.660. The van der Waals surface area contributed by atoms with Gasteiger partial charge in [0.15, 0.2) is 4.32 Å². The molecule has 1 saturated heterocycles.